The molecule has 0 aliphatic carbocycles. The van der Waals surface area contributed by atoms with Crippen LogP contribution >= 0.6 is 0 Å². The minimum Gasteiger partial charge on any atom is -0.434 e. The Labute approximate surface area is 198 Å². The molecule has 3 rings (SSSR count). The summed E-state index contributed by atoms with van der Waals surface area (Å²) in [7, 11) is 0. The van der Waals surface area contributed by atoms with Gasteiger partial charge in [-0.2, -0.15) is 0 Å². The molecule has 0 saturated heterocycles. The summed E-state index contributed by atoms with van der Waals surface area (Å²) in [6.07, 6.45) is 2.45. The lowest BCUT2D eigenvalue weighted by Crippen LogP contribution is -2.22. The van der Waals surface area contributed by atoms with E-state index in [4.69, 9.17) is 9.47 Å². The molecule has 3 aromatic rings. The Kier molecular flexibility index (Phi) is 8.57. The normalized spacial score (nSPS) is 10.5. The van der Waals surface area contributed by atoms with Crippen LogP contribution < -0.4 is 15.4 Å². The second kappa shape index (κ2) is 12.0. The van der Waals surface area contributed by atoms with Crippen molar-refractivity contribution >= 4 is 29.7 Å². The highest BCUT2D eigenvalue weighted by atomic mass is 16.7. The Morgan fingerprint density at radius 1 is 0.941 bits per heavy atom. The van der Waals surface area contributed by atoms with E-state index in [1.54, 1.807) is 37.3 Å². The number of rotatable bonds is 8. The Bertz CT molecular complexity index is 1190. The lowest BCUT2D eigenvalue weighted by atomic mass is 10.1. The summed E-state index contributed by atoms with van der Waals surface area (Å²) in [4.78, 5) is 36.0. The van der Waals surface area contributed by atoms with E-state index in [-0.39, 0.29) is 30.7 Å². The number of benzene rings is 3. The van der Waals surface area contributed by atoms with Crippen molar-refractivity contribution in [3.8, 4) is 5.75 Å². The first kappa shape index (κ1) is 24.3. The van der Waals surface area contributed by atoms with Gasteiger partial charge in [0.1, 0.15) is 5.75 Å². The fourth-order valence-electron chi connectivity index (χ4n) is 3.09. The maximum atomic E-state index is 12.4. The molecule has 0 spiro atoms. The van der Waals surface area contributed by atoms with Crippen molar-refractivity contribution in [3.63, 3.8) is 0 Å². The zero-order valence-corrected chi connectivity index (χ0v) is 19.0. The number of amides is 2. The molecule has 34 heavy (non-hydrogen) atoms. The van der Waals surface area contributed by atoms with Crippen LogP contribution in [0.25, 0.3) is 6.08 Å². The van der Waals surface area contributed by atoms with Crippen molar-refractivity contribution in [3.05, 3.63) is 101 Å². The molecule has 0 atom stereocenters. The number of carbonyl (C=O) groups excluding carboxylic acids is 3. The number of anilines is 1. The van der Waals surface area contributed by atoms with Crippen LogP contribution in [0.1, 0.15) is 34.0 Å². The van der Waals surface area contributed by atoms with Gasteiger partial charge in [0.05, 0.1) is 6.61 Å². The molecule has 0 aromatic heterocycles. The minimum atomic E-state index is -0.794. The molecule has 0 saturated carbocycles. The number of ether oxygens (including phenoxy) is 2. The van der Waals surface area contributed by atoms with E-state index < -0.39 is 6.16 Å². The van der Waals surface area contributed by atoms with Gasteiger partial charge in [0.2, 0.25) is 5.91 Å². The van der Waals surface area contributed by atoms with Crippen LogP contribution in [-0.4, -0.2) is 24.6 Å². The van der Waals surface area contributed by atoms with Crippen LogP contribution in [-0.2, 0) is 16.1 Å². The van der Waals surface area contributed by atoms with Crippen molar-refractivity contribution < 1.29 is 23.9 Å². The van der Waals surface area contributed by atoms with E-state index in [0.717, 1.165) is 16.7 Å². The standard InChI is InChI=1S/C27H26N2O5/c1-3-33-27(32)34-24-13-11-22(12-14-24)26(31)28-18-21-8-5-9-23(17-21)29-25(30)15-10-20-7-4-6-19(2)16-20/h4-17H,3,18H2,1-2H3,(H,28,31)(H,29,30)/b15-10+. The molecule has 7 nitrogen and oxygen atoms in total. The third kappa shape index (κ3) is 7.63. The predicted octanol–water partition coefficient (Wildman–Crippen LogP) is 5.11. The Morgan fingerprint density at radius 2 is 1.71 bits per heavy atom. The van der Waals surface area contributed by atoms with Gasteiger partial charge in [0.25, 0.3) is 5.91 Å². The number of hydrogen-bond donors (Lipinski definition) is 2. The van der Waals surface area contributed by atoms with Crippen molar-refractivity contribution in [2.75, 3.05) is 11.9 Å². The summed E-state index contributed by atoms with van der Waals surface area (Å²) >= 11 is 0. The van der Waals surface area contributed by atoms with Crippen molar-refractivity contribution in [2.45, 2.75) is 20.4 Å². The van der Waals surface area contributed by atoms with Gasteiger partial charge in [-0.1, -0.05) is 42.0 Å². The monoisotopic (exact) mass is 458 g/mol. The molecule has 0 bridgehead atoms. The molecule has 2 amide bonds. The molecule has 0 unspecified atom stereocenters. The molecule has 0 fully saturated rings. The van der Waals surface area contributed by atoms with E-state index >= 15 is 0 Å². The SMILES string of the molecule is CCOC(=O)Oc1ccc(C(=O)NCc2cccc(NC(=O)/C=C/c3cccc(C)c3)c2)cc1. The predicted molar refractivity (Wildman–Crippen MR) is 131 cm³/mol. The Hall–Kier alpha value is -4.39. The van der Waals surface area contributed by atoms with Crippen molar-refractivity contribution in [1.82, 2.24) is 5.32 Å². The zero-order valence-electron chi connectivity index (χ0n) is 19.0. The topological polar surface area (TPSA) is 93.7 Å². The second-order valence-corrected chi connectivity index (χ2v) is 7.43. The van der Waals surface area contributed by atoms with Gasteiger partial charge < -0.3 is 20.1 Å². The molecule has 2 N–H and O–H groups in total. The average Bonchev–Trinajstić information content (AvgIpc) is 2.82. The first-order chi connectivity index (χ1) is 16.4. The lowest BCUT2D eigenvalue weighted by molar-refractivity contribution is -0.111. The summed E-state index contributed by atoms with van der Waals surface area (Å²) in [6.45, 7) is 4.18. The van der Waals surface area contributed by atoms with Gasteiger partial charge in [-0.05, 0) is 67.4 Å². The summed E-state index contributed by atoms with van der Waals surface area (Å²) in [5, 5.41) is 5.66. The highest BCUT2D eigenvalue weighted by molar-refractivity contribution is 6.02. The van der Waals surface area contributed by atoms with Gasteiger partial charge in [-0.25, -0.2) is 4.79 Å². The van der Waals surface area contributed by atoms with Crippen LogP contribution in [0.5, 0.6) is 5.75 Å². The van der Waals surface area contributed by atoms with Gasteiger partial charge >= 0.3 is 6.16 Å². The first-order valence-corrected chi connectivity index (χ1v) is 10.8. The maximum absolute atomic E-state index is 12.4. The fourth-order valence-corrected chi connectivity index (χ4v) is 3.09. The van der Waals surface area contributed by atoms with E-state index in [2.05, 4.69) is 10.6 Å². The first-order valence-electron chi connectivity index (χ1n) is 10.8. The fraction of sp³-hybridized carbons (Fsp3) is 0.148. The zero-order chi connectivity index (χ0) is 24.3. The highest BCUT2D eigenvalue weighted by Gasteiger charge is 2.09. The van der Waals surface area contributed by atoms with Crippen LogP contribution in [0.4, 0.5) is 10.5 Å². The molecule has 0 heterocycles. The van der Waals surface area contributed by atoms with E-state index in [1.807, 2.05) is 43.3 Å². The third-order valence-electron chi connectivity index (χ3n) is 4.70. The summed E-state index contributed by atoms with van der Waals surface area (Å²) in [6, 6.07) is 21.3. The molecule has 174 valence electrons. The van der Waals surface area contributed by atoms with Gasteiger partial charge in [0, 0.05) is 23.9 Å². The number of carbonyl (C=O) groups is 3. The number of aryl methyl sites for hydroxylation is 1. The van der Waals surface area contributed by atoms with Crippen molar-refractivity contribution in [2.24, 2.45) is 0 Å². The van der Waals surface area contributed by atoms with Gasteiger partial charge in [0.15, 0.2) is 0 Å². The second-order valence-electron chi connectivity index (χ2n) is 7.43. The van der Waals surface area contributed by atoms with Crippen LogP contribution in [0, 0.1) is 6.92 Å². The number of hydrogen-bond acceptors (Lipinski definition) is 5. The summed E-state index contributed by atoms with van der Waals surface area (Å²) in [5.74, 6) is -0.235. The summed E-state index contributed by atoms with van der Waals surface area (Å²) in [5.41, 5.74) is 3.95. The average molecular weight is 459 g/mol. The molecular weight excluding hydrogens is 432 g/mol. The maximum Gasteiger partial charge on any atom is 0.513 e. The minimum absolute atomic E-state index is 0.217. The van der Waals surface area contributed by atoms with Gasteiger partial charge in [-0.15, -0.1) is 0 Å². The lowest BCUT2D eigenvalue weighted by Gasteiger charge is -2.09. The third-order valence-corrected chi connectivity index (χ3v) is 4.70. The van der Waals surface area contributed by atoms with E-state index in [9.17, 15) is 14.4 Å². The molecule has 0 radical (unpaired) electrons. The highest BCUT2D eigenvalue weighted by Crippen LogP contribution is 2.14. The quantitative estimate of drug-likeness (QED) is 0.278. The molecule has 0 aliphatic heterocycles. The molecular formula is C27H26N2O5. The smallest absolute Gasteiger partial charge is 0.434 e. The van der Waals surface area contributed by atoms with Crippen LogP contribution in [0.15, 0.2) is 78.9 Å². The summed E-state index contributed by atoms with van der Waals surface area (Å²) < 4.78 is 9.69. The van der Waals surface area contributed by atoms with Crippen LogP contribution in [0.2, 0.25) is 0 Å². The Balaban J connectivity index is 1.52. The molecule has 3 aromatic carbocycles. The molecule has 0 aliphatic rings. The van der Waals surface area contributed by atoms with E-state index in [1.165, 1.54) is 18.2 Å². The van der Waals surface area contributed by atoms with E-state index in [0.29, 0.717) is 11.3 Å². The van der Waals surface area contributed by atoms with Crippen LogP contribution in [0.3, 0.4) is 0 Å². The van der Waals surface area contributed by atoms with Crippen molar-refractivity contribution in [1.29, 1.82) is 0 Å². The van der Waals surface area contributed by atoms with Gasteiger partial charge in [-0.3, -0.25) is 9.59 Å². The largest absolute Gasteiger partial charge is 0.513 e. The Morgan fingerprint density at radius 3 is 2.44 bits per heavy atom. The molecule has 7 heteroatoms. The number of nitrogens with one attached hydrogen (secondary N) is 2.